The summed E-state index contributed by atoms with van der Waals surface area (Å²) in [6.07, 6.45) is 1.93. The molecule has 0 saturated heterocycles. The van der Waals surface area contributed by atoms with E-state index in [0.29, 0.717) is 6.61 Å². The quantitative estimate of drug-likeness (QED) is 0.544. The highest BCUT2D eigenvalue weighted by Gasteiger charge is 2.21. The Morgan fingerprint density at radius 1 is 1.40 bits per heavy atom. The standard InChI is InChI=1S/C12H18BrFN2O3S/c1-2-3-5-19-6-4-16-20(17,18)11-8-9(15)7-10(13)12(11)14/h7-8,16H,2-6,15H2,1H3. The number of anilines is 1. The number of nitrogens with two attached hydrogens (primary N) is 1. The number of unbranched alkanes of at least 4 members (excludes halogenated alkanes) is 1. The van der Waals surface area contributed by atoms with Crippen LogP contribution in [0.3, 0.4) is 0 Å². The fourth-order valence-corrected chi connectivity index (χ4v) is 3.21. The summed E-state index contributed by atoms with van der Waals surface area (Å²) in [7, 11) is -3.94. The van der Waals surface area contributed by atoms with Crippen LogP contribution in [0.5, 0.6) is 0 Å². The number of rotatable bonds is 8. The van der Waals surface area contributed by atoms with Crippen LogP contribution in [-0.4, -0.2) is 28.2 Å². The highest BCUT2D eigenvalue weighted by atomic mass is 79.9. The molecule has 0 aliphatic rings. The summed E-state index contributed by atoms with van der Waals surface area (Å²) in [4.78, 5) is -0.474. The van der Waals surface area contributed by atoms with Crippen LogP contribution >= 0.6 is 15.9 Å². The number of benzene rings is 1. The largest absolute Gasteiger partial charge is 0.399 e. The van der Waals surface area contributed by atoms with Crippen molar-refractivity contribution in [3.05, 3.63) is 22.4 Å². The van der Waals surface area contributed by atoms with Crippen molar-refractivity contribution in [3.63, 3.8) is 0 Å². The van der Waals surface area contributed by atoms with E-state index in [9.17, 15) is 12.8 Å². The van der Waals surface area contributed by atoms with Gasteiger partial charge in [-0.2, -0.15) is 0 Å². The maximum absolute atomic E-state index is 13.8. The van der Waals surface area contributed by atoms with E-state index in [-0.39, 0.29) is 23.3 Å². The Balaban J connectivity index is 2.65. The minimum absolute atomic E-state index is 0.0112. The Morgan fingerprint density at radius 3 is 2.75 bits per heavy atom. The van der Waals surface area contributed by atoms with Gasteiger partial charge in [-0.05, 0) is 34.5 Å². The Hall–Kier alpha value is -0.700. The molecule has 1 aromatic rings. The Labute approximate surface area is 126 Å². The summed E-state index contributed by atoms with van der Waals surface area (Å²) in [6, 6.07) is 2.39. The predicted octanol–water partition coefficient (Wildman–Crippen LogP) is 2.27. The van der Waals surface area contributed by atoms with Crippen LogP contribution in [0.1, 0.15) is 19.8 Å². The van der Waals surface area contributed by atoms with E-state index in [1.165, 1.54) is 6.07 Å². The van der Waals surface area contributed by atoms with E-state index in [1.54, 1.807) is 0 Å². The summed E-state index contributed by atoms with van der Waals surface area (Å²) >= 11 is 2.93. The molecule has 0 fully saturated rings. The van der Waals surface area contributed by atoms with Gasteiger partial charge >= 0.3 is 0 Å². The zero-order valence-electron chi connectivity index (χ0n) is 11.2. The molecule has 0 aliphatic carbocycles. The van der Waals surface area contributed by atoms with Gasteiger partial charge in [0.25, 0.3) is 0 Å². The van der Waals surface area contributed by atoms with Gasteiger partial charge in [0.1, 0.15) is 4.90 Å². The highest BCUT2D eigenvalue weighted by molar-refractivity contribution is 9.10. The van der Waals surface area contributed by atoms with Crippen LogP contribution in [0.25, 0.3) is 0 Å². The molecule has 0 atom stereocenters. The third-order valence-electron chi connectivity index (χ3n) is 2.49. The molecule has 0 bridgehead atoms. The van der Waals surface area contributed by atoms with Gasteiger partial charge in [0.15, 0.2) is 5.82 Å². The van der Waals surface area contributed by atoms with Gasteiger partial charge in [-0.15, -0.1) is 0 Å². The molecule has 1 aromatic carbocycles. The number of halogens is 2. The average Bonchev–Trinajstić information content (AvgIpc) is 2.37. The third kappa shape index (κ3) is 5.01. The summed E-state index contributed by atoms with van der Waals surface area (Å²) < 4.78 is 45.2. The molecule has 0 amide bonds. The van der Waals surface area contributed by atoms with E-state index >= 15 is 0 Å². The average molecular weight is 369 g/mol. The molecule has 5 nitrogen and oxygen atoms in total. The predicted molar refractivity (Wildman–Crippen MR) is 79.4 cm³/mol. The lowest BCUT2D eigenvalue weighted by Crippen LogP contribution is -2.28. The van der Waals surface area contributed by atoms with Gasteiger partial charge < -0.3 is 10.5 Å². The molecule has 0 heterocycles. The summed E-state index contributed by atoms with van der Waals surface area (Å²) in [5.41, 5.74) is 5.69. The minimum Gasteiger partial charge on any atom is -0.399 e. The van der Waals surface area contributed by atoms with Gasteiger partial charge in [0.05, 0.1) is 11.1 Å². The maximum Gasteiger partial charge on any atom is 0.243 e. The molecule has 114 valence electrons. The number of nitrogen functional groups attached to an aromatic ring is 1. The minimum atomic E-state index is -3.94. The Bertz CT molecular complexity index is 552. The second-order valence-corrected chi connectivity index (χ2v) is 6.77. The lowest BCUT2D eigenvalue weighted by molar-refractivity contribution is 0.136. The van der Waals surface area contributed by atoms with Crippen molar-refractivity contribution in [3.8, 4) is 0 Å². The molecule has 8 heteroatoms. The first-order valence-corrected chi connectivity index (χ1v) is 8.48. The fourth-order valence-electron chi connectivity index (χ4n) is 1.45. The zero-order valence-corrected chi connectivity index (χ0v) is 13.6. The fraction of sp³-hybridized carbons (Fsp3) is 0.500. The SMILES string of the molecule is CCCCOCCNS(=O)(=O)c1cc(N)cc(Br)c1F. The molecule has 0 aliphatic heterocycles. The third-order valence-corrected chi connectivity index (χ3v) is 4.52. The van der Waals surface area contributed by atoms with Crippen LogP contribution in [0.2, 0.25) is 0 Å². The topological polar surface area (TPSA) is 81.4 Å². The van der Waals surface area contributed by atoms with Crippen LogP contribution in [-0.2, 0) is 14.8 Å². The molecular formula is C12H18BrFN2O3S. The van der Waals surface area contributed by atoms with Gasteiger partial charge in [-0.3, -0.25) is 0 Å². The van der Waals surface area contributed by atoms with Crippen LogP contribution in [0, 0.1) is 5.82 Å². The highest BCUT2D eigenvalue weighted by Crippen LogP contribution is 2.25. The second kappa shape index (κ2) is 7.92. The maximum atomic E-state index is 13.8. The first-order chi connectivity index (χ1) is 9.38. The molecule has 0 radical (unpaired) electrons. The number of hydrogen-bond acceptors (Lipinski definition) is 4. The Morgan fingerprint density at radius 2 is 2.10 bits per heavy atom. The summed E-state index contributed by atoms with van der Waals surface area (Å²) in [5.74, 6) is -0.862. The first kappa shape index (κ1) is 17.4. The van der Waals surface area contributed by atoms with Crippen molar-refractivity contribution in [1.29, 1.82) is 0 Å². The summed E-state index contributed by atoms with van der Waals surface area (Å²) in [5, 5.41) is 0. The molecule has 1 rings (SSSR count). The van der Waals surface area contributed by atoms with Gasteiger partial charge in [-0.1, -0.05) is 13.3 Å². The van der Waals surface area contributed by atoms with E-state index < -0.39 is 20.7 Å². The first-order valence-electron chi connectivity index (χ1n) is 6.20. The van der Waals surface area contributed by atoms with Crippen molar-refractivity contribution in [2.24, 2.45) is 0 Å². The van der Waals surface area contributed by atoms with Crippen LogP contribution < -0.4 is 10.5 Å². The Kier molecular flexibility index (Phi) is 6.87. The van der Waals surface area contributed by atoms with Gasteiger partial charge in [0.2, 0.25) is 10.0 Å². The van der Waals surface area contributed by atoms with Crippen molar-refractivity contribution < 1.29 is 17.5 Å². The molecule has 0 saturated carbocycles. The molecule has 0 spiro atoms. The lowest BCUT2D eigenvalue weighted by Gasteiger charge is -2.10. The monoisotopic (exact) mass is 368 g/mol. The van der Waals surface area contributed by atoms with E-state index in [2.05, 4.69) is 20.7 Å². The van der Waals surface area contributed by atoms with Gasteiger partial charge in [-0.25, -0.2) is 17.5 Å². The zero-order chi connectivity index (χ0) is 15.2. The smallest absolute Gasteiger partial charge is 0.243 e. The normalized spacial score (nSPS) is 11.8. The van der Waals surface area contributed by atoms with Crippen molar-refractivity contribution in [1.82, 2.24) is 4.72 Å². The molecule has 0 unspecified atom stereocenters. The van der Waals surface area contributed by atoms with Crippen molar-refractivity contribution in [2.45, 2.75) is 24.7 Å². The molecule has 20 heavy (non-hydrogen) atoms. The van der Waals surface area contributed by atoms with E-state index in [4.69, 9.17) is 10.5 Å². The number of nitrogens with one attached hydrogen (secondary N) is 1. The summed E-state index contributed by atoms with van der Waals surface area (Å²) in [6.45, 7) is 2.94. The van der Waals surface area contributed by atoms with Crippen molar-refractivity contribution >= 4 is 31.6 Å². The molecular weight excluding hydrogens is 351 g/mol. The number of hydrogen-bond donors (Lipinski definition) is 2. The van der Waals surface area contributed by atoms with E-state index in [1.807, 2.05) is 6.92 Å². The van der Waals surface area contributed by atoms with Gasteiger partial charge in [0, 0.05) is 18.8 Å². The van der Waals surface area contributed by atoms with E-state index in [0.717, 1.165) is 18.9 Å². The number of ether oxygens (including phenoxy) is 1. The molecule has 0 aromatic heterocycles. The van der Waals surface area contributed by atoms with Crippen molar-refractivity contribution in [2.75, 3.05) is 25.5 Å². The van der Waals surface area contributed by atoms with Crippen LogP contribution in [0.15, 0.2) is 21.5 Å². The number of sulfonamides is 1. The lowest BCUT2D eigenvalue weighted by atomic mass is 10.3. The second-order valence-electron chi connectivity index (χ2n) is 4.18. The molecule has 3 N–H and O–H groups in total. The van der Waals surface area contributed by atoms with Crippen LogP contribution in [0.4, 0.5) is 10.1 Å².